The normalized spacial score (nSPS) is 10.8. The number of nitrogens with zero attached hydrogens (tertiary/aromatic N) is 1. The summed E-state index contributed by atoms with van der Waals surface area (Å²) < 4.78 is 0. The van der Waals surface area contributed by atoms with Crippen molar-refractivity contribution in [2.75, 3.05) is 5.32 Å². The van der Waals surface area contributed by atoms with Crippen LogP contribution in [0.15, 0.2) is 36.4 Å². The summed E-state index contributed by atoms with van der Waals surface area (Å²) in [6.45, 7) is 5.89. The number of halogens is 2. The average Bonchev–Trinajstić information content (AvgIpc) is 3.04. The third-order valence-corrected chi connectivity index (χ3v) is 6.27. The Kier molecular flexibility index (Phi) is 6.73. The van der Waals surface area contributed by atoms with Gasteiger partial charge in [0.15, 0.2) is 10.9 Å². The molecule has 3 aromatic rings. The summed E-state index contributed by atoms with van der Waals surface area (Å²) in [4.78, 5) is 30.1. The minimum atomic E-state index is -0.239. The van der Waals surface area contributed by atoms with Gasteiger partial charge in [0.2, 0.25) is 5.91 Å². The molecule has 0 radical (unpaired) electrons. The molecule has 0 aliphatic carbocycles. The number of rotatable bonds is 6. The maximum Gasteiger partial charge on any atom is 0.226 e. The van der Waals surface area contributed by atoms with Crippen LogP contribution in [0.3, 0.4) is 0 Å². The van der Waals surface area contributed by atoms with Gasteiger partial charge in [-0.15, -0.1) is 11.3 Å². The van der Waals surface area contributed by atoms with E-state index < -0.39 is 0 Å². The van der Waals surface area contributed by atoms with Crippen molar-refractivity contribution in [3.63, 3.8) is 0 Å². The molecule has 0 bridgehead atoms. The summed E-state index contributed by atoms with van der Waals surface area (Å²) in [5.74, 6) is -0.285. The second kappa shape index (κ2) is 9.08. The number of Topliss-reactive ketones (excluding diaryl/α,β-unsaturated/α-hetero) is 1. The molecule has 150 valence electrons. The van der Waals surface area contributed by atoms with Gasteiger partial charge >= 0.3 is 0 Å². The maximum absolute atomic E-state index is 12.4. The number of anilines is 1. The van der Waals surface area contributed by atoms with Crippen LogP contribution in [0.1, 0.15) is 39.2 Å². The van der Waals surface area contributed by atoms with Gasteiger partial charge in [-0.1, -0.05) is 41.4 Å². The average molecular weight is 447 g/mol. The number of carbonyl (C=O) groups is 2. The summed E-state index contributed by atoms with van der Waals surface area (Å²) in [6, 6.07) is 10.9. The summed E-state index contributed by atoms with van der Waals surface area (Å²) >= 11 is 13.4. The van der Waals surface area contributed by atoms with Crippen molar-refractivity contribution in [3.8, 4) is 11.3 Å². The number of amides is 1. The van der Waals surface area contributed by atoms with Crippen LogP contribution in [0.5, 0.6) is 0 Å². The van der Waals surface area contributed by atoms with E-state index in [1.807, 2.05) is 39.0 Å². The van der Waals surface area contributed by atoms with E-state index in [1.165, 1.54) is 11.3 Å². The van der Waals surface area contributed by atoms with Gasteiger partial charge in [0, 0.05) is 28.8 Å². The van der Waals surface area contributed by atoms with Crippen LogP contribution in [0.25, 0.3) is 11.3 Å². The van der Waals surface area contributed by atoms with Crippen molar-refractivity contribution in [3.05, 3.63) is 68.0 Å². The maximum atomic E-state index is 12.4. The number of hydrogen-bond donors (Lipinski definition) is 1. The molecular weight excluding hydrogens is 427 g/mol. The second-order valence-electron chi connectivity index (χ2n) is 6.82. The highest BCUT2D eigenvalue weighted by atomic mass is 35.5. The van der Waals surface area contributed by atoms with Crippen LogP contribution in [0.2, 0.25) is 10.0 Å². The monoisotopic (exact) mass is 446 g/mol. The highest BCUT2D eigenvalue weighted by molar-refractivity contribution is 7.16. The lowest BCUT2D eigenvalue weighted by Crippen LogP contribution is -2.13. The fourth-order valence-corrected chi connectivity index (χ4v) is 3.98. The third-order valence-electron chi connectivity index (χ3n) is 4.64. The first-order valence-electron chi connectivity index (χ1n) is 9.07. The molecule has 2 aromatic carbocycles. The molecule has 3 rings (SSSR count). The fraction of sp³-hybridized carbons (Fsp3) is 0.227. The number of benzene rings is 2. The lowest BCUT2D eigenvalue weighted by Gasteiger charge is -2.05. The van der Waals surface area contributed by atoms with Gasteiger partial charge in [-0.3, -0.25) is 9.59 Å². The van der Waals surface area contributed by atoms with Crippen LogP contribution < -0.4 is 5.32 Å². The van der Waals surface area contributed by atoms with Crippen LogP contribution >= 0.6 is 34.5 Å². The van der Waals surface area contributed by atoms with Gasteiger partial charge in [-0.05, 0) is 50.1 Å². The molecule has 0 saturated carbocycles. The minimum Gasteiger partial charge on any atom is -0.302 e. The molecule has 1 heterocycles. The Morgan fingerprint density at radius 2 is 1.72 bits per heavy atom. The first-order chi connectivity index (χ1) is 13.7. The molecule has 0 saturated heterocycles. The molecule has 0 aliphatic heterocycles. The van der Waals surface area contributed by atoms with E-state index >= 15 is 0 Å². The van der Waals surface area contributed by atoms with Crippen molar-refractivity contribution in [2.45, 2.75) is 33.6 Å². The smallest absolute Gasteiger partial charge is 0.226 e. The number of hydrogen-bond acceptors (Lipinski definition) is 4. The Bertz CT molecular complexity index is 1090. The summed E-state index contributed by atoms with van der Waals surface area (Å²) in [6.07, 6.45) is 0.255. The van der Waals surface area contributed by atoms with E-state index in [2.05, 4.69) is 10.3 Å². The minimum absolute atomic E-state index is 0.0462. The Labute approximate surface area is 183 Å². The standard InChI is InChI=1S/C22H20Cl2N2O2S/c1-12-4-5-15(10-13(12)2)19(27)8-9-20(28)25-22-26-21(14(3)29-22)16-6-7-17(23)18(24)11-16/h4-7,10-11H,8-9H2,1-3H3,(H,25,26,28). The number of thiazole rings is 1. The zero-order valence-corrected chi connectivity index (χ0v) is 18.6. The van der Waals surface area contributed by atoms with Gasteiger partial charge in [0.05, 0.1) is 15.7 Å². The largest absolute Gasteiger partial charge is 0.302 e. The molecule has 1 N–H and O–H groups in total. The summed E-state index contributed by atoms with van der Waals surface area (Å²) in [7, 11) is 0. The van der Waals surface area contributed by atoms with Crippen molar-refractivity contribution in [1.29, 1.82) is 0 Å². The number of ketones is 1. The highest BCUT2D eigenvalue weighted by Gasteiger charge is 2.15. The van der Waals surface area contributed by atoms with E-state index in [-0.39, 0.29) is 24.5 Å². The third kappa shape index (κ3) is 5.24. The second-order valence-corrected chi connectivity index (χ2v) is 8.84. The van der Waals surface area contributed by atoms with E-state index in [1.54, 1.807) is 18.2 Å². The molecule has 0 atom stereocenters. The topological polar surface area (TPSA) is 59.1 Å². The van der Waals surface area contributed by atoms with E-state index in [4.69, 9.17) is 23.2 Å². The molecular formula is C22H20Cl2N2O2S. The highest BCUT2D eigenvalue weighted by Crippen LogP contribution is 2.33. The lowest BCUT2D eigenvalue weighted by atomic mass is 10.0. The zero-order valence-electron chi connectivity index (χ0n) is 16.3. The first-order valence-corrected chi connectivity index (χ1v) is 10.6. The van der Waals surface area contributed by atoms with Crippen LogP contribution in [0, 0.1) is 20.8 Å². The Morgan fingerprint density at radius 3 is 2.41 bits per heavy atom. The molecule has 0 spiro atoms. The Morgan fingerprint density at radius 1 is 0.966 bits per heavy atom. The van der Waals surface area contributed by atoms with Gasteiger partial charge in [-0.25, -0.2) is 4.98 Å². The number of aromatic nitrogens is 1. The van der Waals surface area contributed by atoms with Crippen molar-refractivity contribution < 1.29 is 9.59 Å². The predicted octanol–water partition coefficient (Wildman–Crippen LogP) is 6.64. The number of nitrogens with one attached hydrogen (secondary N) is 1. The number of carbonyl (C=O) groups excluding carboxylic acids is 2. The first kappa shape index (κ1) is 21.5. The molecule has 29 heavy (non-hydrogen) atoms. The van der Waals surface area contributed by atoms with E-state index in [9.17, 15) is 9.59 Å². The van der Waals surface area contributed by atoms with Gasteiger partial charge in [0.1, 0.15) is 0 Å². The fourth-order valence-electron chi connectivity index (χ4n) is 2.83. The molecule has 4 nitrogen and oxygen atoms in total. The zero-order chi connectivity index (χ0) is 21.1. The molecule has 0 fully saturated rings. The molecule has 7 heteroatoms. The van der Waals surface area contributed by atoms with E-state index in [0.717, 1.165) is 27.3 Å². The summed E-state index contributed by atoms with van der Waals surface area (Å²) in [5.41, 5.74) is 4.41. The number of aryl methyl sites for hydroxylation is 3. The predicted molar refractivity (Wildman–Crippen MR) is 120 cm³/mol. The quantitative estimate of drug-likeness (QED) is 0.431. The Balaban J connectivity index is 1.63. The van der Waals surface area contributed by atoms with Crippen molar-refractivity contribution in [2.24, 2.45) is 0 Å². The SMILES string of the molecule is Cc1ccc(C(=O)CCC(=O)Nc2nc(-c3ccc(Cl)c(Cl)c3)c(C)s2)cc1C. The van der Waals surface area contributed by atoms with Crippen molar-refractivity contribution >= 4 is 51.4 Å². The molecule has 1 amide bonds. The summed E-state index contributed by atoms with van der Waals surface area (Å²) in [5, 5.41) is 4.20. The molecule has 0 unspecified atom stereocenters. The lowest BCUT2D eigenvalue weighted by molar-refractivity contribution is -0.116. The van der Waals surface area contributed by atoms with Crippen LogP contribution in [0.4, 0.5) is 5.13 Å². The van der Waals surface area contributed by atoms with Gasteiger partial charge in [0.25, 0.3) is 0 Å². The molecule has 1 aromatic heterocycles. The van der Waals surface area contributed by atoms with Crippen molar-refractivity contribution in [1.82, 2.24) is 4.98 Å². The van der Waals surface area contributed by atoms with Gasteiger partial charge < -0.3 is 5.32 Å². The van der Waals surface area contributed by atoms with Gasteiger partial charge in [-0.2, -0.15) is 0 Å². The Hall–Kier alpha value is -2.21. The molecule has 0 aliphatic rings. The van der Waals surface area contributed by atoms with Crippen LogP contribution in [-0.2, 0) is 4.79 Å². The van der Waals surface area contributed by atoms with Crippen LogP contribution in [-0.4, -0.2) is 16.7 Å². The van der Waals surface area contributed by atoms with E-state index in [0.29, 0.717) is 20.7 Å².